The molecule has 1 aromatic heterocycles. The van der Waals surface area contributed by atoms with Gasteiger partial charge in [0.25, 0.3) is 5.56 Å². The summed E-state index contributed by atoms with van der Waals surface area (Å²) in [4.78, 5) is 44.5. The van der Waals surface area contributed by atoms with Gasteiger partial charge in [0, 0.05) is 12.3 Å². The van der Waals surface area contributed by atoms with E-state index in [1.165, 1.54) is 0 Å². The van der Waals surface area contributed by atoms with E-state index in [0.29, 0.717) is 0 Å². The second-order valence-corrected chi connectivity index (χ2v) is 10.7. The molecule has 2 unspecified atom stereocenters. The van der Waals surface area contributed by atoms with Crippen LogP contribution in [0.3, 0.4) is 0 Å². The molecule has 3 rings (SSSR count). The molecule has 23 heteroatoms. The van der Waals surface area contributed by atoms with Crippen LogP contribution in [-0.2, 0) is 32.0 Å². The van der Waals surface area contributed by atoms with Crippen molar-refractivity contribution < 1.29 is 72.4 Å². The molecule has 0 spiro atoms. The van der Waals surface area contributed by atoms with Gasteiger partial charge in [0.2, 0.25) is 0 Å². The molecule has 0 radical (unpaired) electrons. The predicted octanol–water partition coefficient (Wildman–Crippen LogP) is -6.09. The number of phosphoric ester groups is 2. The molecule has 0 aliphatic carbocycles. The predicted molar refractivity (Wildman–Crippen MR) is 123 cm³/mol. The number of H-pyrrole nitrogens is 1. The van der Waals surface area contributed by atoms with Crippen LogP contribution in [0.4, 0.5) is 0 Å². The van der Waals surface area contributed by atoms with Gasteiger partial charge in [-0.2, -0.15) is 4.31 Å². The molecular formula is C15H26N2Na2O17P2. The molecule has 11 atom stereocenters. The molecule has 38 heavy (non-hydrogen) atoms. The summed E-state index contributed by atoms with van der Waals surface area (Å²) >= 11 is 0. The molecule has 9 N–H and O–H groups in total. The van der Waals surface area contributed by atoms with E-state index in [9.17, 15) is 54.0 Å². The summed E-state index contributed by atoms with van der Waals surface area (Å²) in [6.07, 6.45) is -15.4. The van der Waals surface area contributed by atoms with E-state index < -0.39 is 95.4 Å². The number of hydrogen-bond donors (Lipinski definition) is 9. The summed E-state index contributed by atoms with van der Waals surface area (Å²) < 4.78 is 48.1. The monoisotopic (exact) mass is 614 g/mol. The van der Waals surface area contributed by atoms with E-state index >= 15 is 0 Å². The topological polar surface area (TPSA) is 297 Å². The van der Waals surface area contributed by atoms with Crippen LogP contribution >= 0.6 is 15.6 Å². The second-order valence-electron chi connectivity index (χ2n) is 7.68. The number of hydrogen-bond acceptors (Lipinski definition) is 15. The second kappa shape index (κ2) is 14.7. The molecule has 2 saturated heterocycles. The molecule has 2 aliphatic rings. The molecule has 19 nitrogen and oxygen atoms in total. The van der Waals surface area contributed by atoms with Crippen LogP contribution in [-0.4, -0.2) is 171 Å². The Kier molecular flexibility index (Phi) is 14.2. The van der Waals surface area contributed by atoms with E-state index in [1.54, 1.807) is 0 Å². The Balaban J connectivity index is 0.00000361. The summed E-state index contributed by atoms with van der Waals surface area (Å²) in [6.45, 7) is -1.93. The van der Waals surface area contributed by atoms with Crippen molar-refractivity contribution in [2.45, 2.75) is 55.2 Å². The molecule has 210 valence electrons. The fraction of sp³-hybridized carbons (Fsp3) is 0.733. The maximum atomic E-state index is 12.2. The van der Waals surface area contributed by atoms with Crippen LogP contribution in [0.15, 0.2) is 21.9 Å². The van der Waals surface area contributed by atoms with Crippen LogP contribution in [0.2, 0.25) is 0 Å². The Hall–Kier alpha value is 0.620. The fourth-order valence-corrected chi connectivity index (χ4v) is 5.51. The first-order valence-electron chi connectivity index (χ1n) is 9.99. The van der Waals surface area contributed by atoms with Crippen molar-refractivity contribution in [3.05, 3.63) is 33.1 Å². The van der Waals surface area contributed by atoms with Crippen LogP contribution in [0, 0.1) is 0 Å². The Bertz CT molecular complexity index is 1140. The zero-order valence-corrected chi connectivity index (χ0v) is 19.6. The van der Waals surface area contributed by atoms with Crippen LogP contribution in [0.1, 0.15) is 6.23 Å². The number of phosphoric acid groups is 2. The summed E-state index contributed by atoms with van der Waals surface area (Å²) in [5, 5.41) is 58.6. The van der Waals surface area contributed by atoms with E-state index in [4.69, 9.17) is 14.6 Å². The third-order valence-electron chi connectivity index (χ3n) is 5.16. The minimum absolute atomic E-state index is 0. The van der Waals surface area contributed by atoms with Crippen molar-refractivity contribution in [2.75, 3.05) is 13.2 Å². The quantitative estimate of drug-likeness (QED) is 0.0923. The number of aromatic amines is 1. The standard InChI is InChI=1S/C15H24N2O17P2.2Na.2H/c18-3-5-8(20)10(22)12(24)14(32-5)33-36(28,29)34-35(26,27)30-4-6-9(21)11(23)13(31-6)17-2-1-7(19)16-15(17)25;;;;/h1-2,5-6,8-14,18,20-24H,3-4H2,(H,26,27)(H,28,29)(H,16,19,25);;;;/t5-,6-,8-,9-,10+,11-,12-,13-,14-;;;;/m1..../s1. The minimum atomic E-state index is -5.59. The number of rotatable bonds is 9. The summed E-state index contributed by atoms with van der Waals surface area (Å²) in [6, 6.07) is 0.928. The maximum absolute atomic E-state index is 12.2. The van der Waals surface area contributed by atoms with E-state index in [1.807, 2.05) is 4.98 Å². The Morgan fingerprint density at radius 1 is 0.895 bits per heavy atom. The molecular weight excluding hydrogens is 588 g/mol. The van der Waals surface area contributed by atoms with E-state index in [-0.39, 0.29) is 59.1 Å². The van der Waals surface area contributed by atoms with E-state index in [2.05, 4.69) is 13.4 Å². The first kappa shape index (κ1) is 36.6. The SMILES string of the molecule is O=c1ccn([C@@H]2O[C@H](COP(=O)(O)OP(=O)(O)O[C@H]3O[C@H](CO)[C@@H](O)[C@H](O)[C@H]3O)[C@@H](O)[C@H]2O)c(=O)[nH]1.[NaH].[NaH]. The number of ether oxygens (including phenoxy) is 2. The van der Waals surface area contributed by atoms with Gasteiger partial charge in [-0.15, -0.1) is 0 Å². The zero-order chi connectivity index (χ0) is 27.0. The van der Waals surface area contributed by atoms with Crippen molar-refractivity contribution in [3.63, 3.8) is 0 Å². The number of aliphatic hydroxyl groups is 6. The normalized spacial score (nSPS) is 36.4. The third-order valence-corrected chi connectivity index (χ3v) is 7.76. The Morgan fingerprint density at radius 3 is 2.08 bits per heavy atom. The molecule has 0 aromatic carbocycles. The molecule has 2 aliphatic heterocycles. The van der Waals surface area contributed by atoms with Gasteiger partial charge >= 0.3 is 80.4 Å². The van der Waals surface area contributed by atoms with Crippen molar-refractivity contribution in [1.82, 2.24) is 9.55 Å². The van der Waals surface area contributed by atoms with Crippen LogP contribution in [0.5, 0.6) is 0 Å². The Labute approximate surface area is 256 Å². The van der Waals surface area contributed by atoms with Gasteiger partial charge < -0.3 is 49.9 Å². The summed E-state index contributed by atoms with van der Waals surface area (Å²) in [5.41, 5.74) is -1.75. The molecule has 1 aromatic rings. The first-order valence-corrected chi connectivity index (χ1v) is 13.0. The average molecular weight is 614 g/mol. The number of nitrogens with one attached hydrogen (secondary N) is 1. The summed E-state index contributed by atoms with van der Waals surface area (Å²) in [5.74, 6) is 0. The molecule has 0 bridgehead atoms. The molecule has 2 fully saturated rings. The molecule has 0 saturated carbocycles. The van der Waals surface area contributed by atoms with Gasteiger partial charge in [0.1, 0.15) is 42.7 Å². The van der Waals surface area contributed by atoms with Crippen molar-refractivity contribution in [3.8, 4) is 0 Å². The van der Waals surface area contributed by atoms with Crippen molar-refractivity contribution in [1.29, 1.82) is 0 Å². The van der Waals surface area contributed by atoms with Crippen LogP contribution < -0.4 is 11.2 Å². The number of nitrogens with zero attached hydrogens (tertiary/aromatic N) is 1. The zero-order valence-electron chi connectivity index (χ0n) is 17.9. The van der Waals surface area contributed by atoms with Gasteiger partial charge in [-0.1, -0.05) is 0 Å². The third kappa shape index (κ3) is 8.81. The first-order chi connectivity index (χ1) is 16.7. The molecule has 0 amide bonds. The van der Waals surface area contributed by atoms with Crippen molar-refractivity contribution in [2.24, 2.45) is 0 Å². The molecule has 3 heterocycles. The Morgan fingerprint density at radius 2 is 1.50 bits per heavy atom. The van der Waals surface area contributed by atoms with Crippen LogP contribution in [0.25, 0.3) is 0 Å². The van der Waals surface area contributed by atoms with Gasteiger partial charge in [-0.05, 0) is 0 Å². The fourth-order valence-electron chi connectivity index (χ4n) is 3.35. The van der Waals surface area contributed by atoms with Gasteiger partial charge in [-0.3, -0.25) is 23.4 Å². The van der Waals surface area contributed by atoms with E-state index in [0.717, 1.165) is 16.8 Å². The summed E-state index contributed by atoms with van der Waals surface area (Å²) in [7, 11) is -11.1. The van der Waals surface area contributed by atoms with Gasteiger partial charge in [0.05, 0.1) is 13.2 Å². The van der Waals surface area contributed by atoms with Crippen molar-refractivity contribution >= 4 is 74.8 Å². The van der Waals surface area contributed by atoms with Gasteiger partial charge in [-0.25, -0.2) is 13.9 Å². The van der Waals surface area contributed by atoms with Gasteiger partial charge in [0.15, 0.2) is 12.5 Å². The number of aromatic nitrogens is 2. The average Bonchev–Trinajstić information content (AvgIpc) is 3.06. The number of aliphatic hydroxyl groups excluding tert-OH is 6.